The van der Waals surface area contributed by atoms with Crippen molar-refractivity contribution in [2.75, 3.05) is 0 Å². The van der Waals surface area contributed by atoms with Gasteiger partial charge in [0.15, 0.2) is 0 Å². The molecule has 0 amide bonds. The van der Waals surface area contributed by atoms with Gasteiger partial charge in [-0.2, -0.15) is 5.10 Å². The quantitative estimate of drug-likeness (QED) is 0.348. The van der Waals surface area contributed by atoms with Crippen molar-refractivity contribution in [2.24, 2.45) is 10.9 Å². The van der Waals surface area contributed by atoms with Gasteiger partial charge in [-0.3, -0.25) is 4.68 Å². The van der Waals surface area contributed by atoms with Crippen LogP contribution in [0.25, 0.3) is 0 Å². The van der Waals surface area contributed by atoms with Crippen molar-refractivity contribution >= 4 is 17.4 Å². The number of aromatic nitrogens is 2. The lowest BCUT2D eigenvalue weighted by molar-refractivity contribution is 0.314. The highest BCUT2D eigenvalue weighted by molar-refractivity contribution is 6.30. The van der Waals surface area contributed by atoms with Gasteiger partial charge in [0.05, 0.1) is 17.3 Å². The summed E-state index contributed by atoms with van der Waals surface area (Å²) in [7, 11) is 0. The Morgan fingerprint density at radius 2 is 2.57 bits per heavy atom. The maximum absolute atomic E-state index is 8.44. The van der Waals surface area contributed by atoms with Crippen molar-refractivity contribution in [3.8, 4) is 0 Å². The van der Waals surface area contributed by atoms with E-state index < -0.39 is 0 Å². The molecule has 5 nitrogen and oxygen atoms in total. The van der Waals surface area contributed by atoms with Crippen LogP contribution in [-0.2, 0) is 0 Å². The fraction of sp³-hybridized carbons (Fsp3) is 0.500. The van der Waals surface area contributed by atoms with Crippen LogP contribution < -0.4 is 5.73 Å². The molecule has 6 heteroatoms. The summed E-state index contributed by atoms with van der Waals surface area (Å²) in [6, 6.07) is 0.0819. The summed E-state index contributed by atoms with van der Waals surface area (Å²) < 4.78 is 1.72. The number of oxime groups is 1. The fourth-order valence-corrected chi connectivity index (χ4v) is 1.37. The number of hydrogen-bond acceptors (Lipinski definition) is 3. The third-order valence-electron chi connectivity index (χ3n) is 1.99. The molecule has 1 aromatic heterocycles. The van der Waals surface area contributed by atoms with Gasteiger partial charge >= 0.3 is 0 Å². The highest BCUT2D eigenvalue weighted by Gasteiger charge is 2.11. The monoisotopic (exact) mass is 216 g/mol. The molecule has 0 spiro atoms. The lowest BCUT2D eigenvalue weighted by Gasteiger charge is -2.13. The Kier molecular flexibility index (Phi) is 3.76. The summed E-state index contributed by atoms with van der Waals surface area (Å²) >= 11 is 5.74. The van der Waals surface area contributed by atoms with Crippen LogP contribution in [0.15, 0.2) is 17.5 Å². The van der Waals surface area contributed by atoms with Crippen LogP contribution in [0.2, 0.25) is 5.02 Å². The molecule has 0 fully saturated rings. The Balaban J connectivity index is 2.72. The summed E-state index contributed by atoms with van der Waals surface area (Å²) in [4.78, 5) is 0. The number of hydrogen-bond donors (Lipinski definition) is 2. The first-order valence-electron chi connectivity index (χ1n) is 4.33. The molecule has 0 bridgehead atoms. The molecule has 0 radical (unpaired) electrons. The summed E-state index contributed by atoms with van der Waals surface area (Å²) in [6.07, 6.45) is 4.59. The minimum Gasteiger partial charge on any atom is -0.409 e. The number of rotatable bonds is 4. The summed E-state index contributed by atoms with van der Waals surface area (Å²) in [5, 5.41) is 16.0. The molecular weight excluding hydrogens is 204 g/mol. The zero-order valence-corrected chi connectivity index (χ0v) is 8.65. The smallest absolute Gasteiger partial charge is 0.141 e. The van der Waals surface area contributed by atoms with E-state index in [4.69, 9.17) is 22.5 Å². The van der Waals surface area contributed by atoms with Crippen LogP contribution >= 0.6 is 11.6 Å². The summed E-state index contributed by atoms with van der Waals surface area (Å²) in [5.74, 6) is 0.198. The normalized spacial score (nSPS) is 14.3. The average Bonchev–Trinajstić information content (AvgIpc) is 2.60. The van der Waals surface area contributed by atoms with Gasteiger partial charge in [0.1, 0.15) is 5.84 Å². The molecule has 0 aliphatic carbocycles. The highest BCUT2D eigenvalue weighted by Crippen LogP contribution is 2.17. The van der Waals surface area contributed by atoms with Crippen molar-refractivity contribution in [1.82, 2.24) is 9.78 Å². The Labute approximate surface area is 87.2 Å². The molecule has 3 N–H and O–H groups in total. The molecule has 1 heterocycles. The second kappa shape index (κ2) is 4.85. The van der Waals surface area contributed by atoms with Crippen LogP contribution in [0.3, 0.4) is 0 Å². The van der Waals surface area contributed by atoms with Crippen molar-refractivity contribution in [2.45, 2.75) is 25.8 Å². The van der Waals surface area contributed by atoms with Crippen molar-refractivity contribution in [1.29, 1.82) is 0 Å². The molecule has 14 heavy (non-hydrogen) atoms. The molecule has 1 rings (SSSR count). The third-order valence-corrected chi connectivity index (χ3v) is 2.18. The number of nitrogens with zero attached hydrogens (tertiary/aromatic N) is 3. The molecule has 1 atom stereocenters. The predicted octanol–water partition coefficient (Wildman–Crippen LogP) is 1.62. The Bertz CT molecular complexity index is 323. The van der Waals surface area contributed by atoms with E-state index in [0.717, 1.165) is 6.42 Å². The van der Waals surface area contributed by atoms with Crippen molar-refractivity contribution in [3.63, 3.8) is 0 Å². The number of amidine groups is 1. The Morgan fingerprint density at radius 1 is 1.86 bits per heavy atom. The van der Waals surface area contributed by atoms with Gasteiger partial charge in [0, 0.05) is 12.6 Å². The summed E-state index contributed by atoms with van der Waals surface area (Å²) in [5.41, 5.74) is 5.42. The number of nitrogens with two attached hydrogens (primary N) is 1. The topological polar surface area (TPSA) is 76.4 Å². The molecule has 0 aliphatic heterocycles. The predicted molar refractivity (Wildman–Crippen MR) is 54.6 cm³/mol. The molecule has 0 saturated carbocycles. The highest BCUT2D eigenvalue weighted by atomic mass is 35.5. The van der Waals surface area contributed by atoms with Gasteiger partial charge in [-0.05, 0) is 6.42 Å². The molecular formula is C8H13ClN4O. The second-order valence-corrected chi connectivity index (χ2v) is 3.43. The van der Waals surface area contributed by atoms with Crippen LogP contribution in [0, 0.1) is 0 Å². The molecule has 1 unspecified atom stereocenters. The van der Waals surface area contributed by atoms with Crippen LogP contribution in [0.1, 0.15) is 25.8 Å². The maximum Gasteiger partial charge on any atom is 0.141 e. The Morgan fingerprint density at radius 3 is 3.00 bits per heavy atom. The van der Waals surface area contributed by atoms with Crippen molar-refractivity contribution < 1.29 is 5.21 Å². The van der Waals surface area contributed by atoms with Gasteiger partial charge in [0.25, 0.3) is 0 Å². The second-order valence-electron chi connectivity index (χ2n) is 3.00. The first-order valence-corrected chi connectivity index (χ1v) is 4.71. The minimum absolute atomic E-state index is 0.0819. The lowest BCUT2D eigenvalue weighted by Crippen LogP contribution is -2.19. The van der Waals surface area contributed by atoms with Crippen LogP contribution in [0.4, 0.5) is 0 Å². The van der Waals surface area contributed by atoms with Gasteiger partial charge in [-0.25, -0.2) is 0 Å². The van der Waals surface area contributed by atoms with E-state index in [1.54, 1.807) is 17.1 Å². The molecule has 78 valence electrons. The van der Waals surface area contributed by atoms with Crippen LogP contribution in [-0.4, -0.2) is 20.8 Å². The minimum atomic E-state index is 0.0819. The third kappa shape index (κ3) is 2.63. The standard InChI is InChI=1S/C8H13ClN4O/c1-2-7(3-8(10)12-14)13-5-6(9)4-11-13/h4-5,7,14H,2-3H2,1H3,(H2,10,12). The average molecular weight is 217 g/mol. The molecule has 0 saturated heterocycles. The zero-order valence-electron chi connectivity index (χ0n) is 7.89. The zero-order chi connectivity index (χ0) is 10.6. The molecule has 0 aromatic carbocycles. The first-order chi connectivity index (χ1) is 6.67. The fourth-order valence-electron chi connectivity index (χ4n) is 1.22. The van der Waals surface area contributed by atoms with E-state index >= 15 is 0 Å². The first kappa shape index (κ1) is 10.8. The SMILES string of the molecule is CCC(C/C(N)=N/O)n1cc(Cl)cn1. The van der Waals surface area contributed by atoms with Gasteiger partial charge in [-0.15, -0.1) is 0 Å². The van der Waals surface area contributed by atoms with Crippen molar-refractivity contribution in [3.05, 3.63) is 17.4 Å². The van der Waals surface area contributed by atoms with E-state index in [9.17, 15) is 0 Å². The van der Waals surface area contributed by atoms with E-state index in [1.165, 1.54) is 0 Å². The molecule has 0 aliphatic rings. The van der Waals surface area contributed by atoms with Gasteiger partial charge < -0.3 is 10.9 Å². The lowest BCUT2D eigenvalue weighted by atomic mass is 10.1. The Hall–Kier alpha value is -1.23. The molecule has 1 aromatic rings. The largest absolute Gasteiger partial charge is 0.409 e. The van der Waals surface area contributed by atoms with E-state index in [1.807, 2.05) is 6.92 Å². The summed E-state index contributed by atoms with van der Waals surface area (Å²) in [6.45, 7) is 2.00. The number of halogens is 1. The van der Waals surface area contributed by atoms with E-state index in [-0.39, 0.29) is 11.9 Å². The van der Waals surface area contributed by atoms with E-state index in [0.29, 0.717) is 11.4 Å². The van der Waals surface area contributed by atoms with Crippen LogP contribution in [0.5, 0.6) is 0 Å². The maximum atomic E-state index is 8.44. The van der Waals surface area contributed by atoms with E-state index in [2.05, 4.69) is 10.3 Å². The van der Waals surface area contributed by atoms with Gasteiger partial charge in [-0.1, -0.05) is 23.7 Å². The van der Waals surface area contributed by atoms with Gasteiger partial charge in [0.2, 0.25) is 0 Å².